The number of aryl methyl sites for hydroxylation is 2. The van der Waals surface area contributed by atoms with E-state index in [9.17, 15) is 0 Å². The zero-order valence-electron chi connectivity index (χ0n) is 11.4. The molecule has 0 N–H and O–H groups in total. The molecule has 0 fully saturated rings. The van der Waals surface area contributed by atoms with E-state index in [1.165, 1.54) is 11.8 Å². The molecule has 0 atom stereocenters. The van der Waals surface area contributed by atoms with Crippen molar-refractivity contribution < 1.29 is 9.15 Å². The number of hydrogen-bond donors (Lipinski definition) is 0. The van der Waals surface area contributed by atoms with Crippen LogP contribution in [0.4, 0.5) is 0 Å². The summed E-state index contributed by atoms with van der Waals surface area (Å²) in [6, 6.07) is 6.05. The maximum atomic E-state index is 5.69. The molecule has 0 amide bonds. The number of benzene rings is 1. The Morgan fingerprint density at radius 3 is 2.95 bits per heavy atom. The maximum absolute atomic E-state index is 5.69. The molecule has 1 heterocycles. The lowest BCUT2D eigenvalue weighted by atomic mass is 10.1. The maximum Gasteiger partial charge on any atom is 0.277 e. The molecule has 0 saturated carbocycles. The average molecular weight is 311 g/mol. The summed E-state index contributed by atoms with van der Waals surface area (Å²) < 4.78 is 11.1. The Balaban J connectivity index is 1.94. The second-order valence-electron chi connectivity index (χ2n) is 4.33. The monoisotopic (exact) mass is 310 g/mol. The molecular formula is C14H15ClN2O2S. The molecule has 0 aliphatic heterocycles. The van der Waals surface area contributed by atoms with Crippen molar-refractivity contribution in [3.63, 3.8) is 0 Å². The van der Waals surface area contributed by atoms with E-state index >= 15 is 0 Å². The molecule has 20 heavy (non-hydrogen) atoms. The third kappa shape index (κ3) is 4.28. The van der Waals surface area contributed by atoms with E-state index < -0.39 is 0 Å². The van der Waals surface area contributed by atoms with E-state index in [1.54, 1.807) is 0 Å². The minimum Gasteiger partial charge on any atom is -0.484 e. The van der Waals surface area contributed by atoms with Crippen LogP contribution in [0, 0.1) is 13.8 Å². The zero-order valence-corrected chi connectivity index (χ0v) is 12.9. The highest BCUT2D eigenvalue weighted by atomic mass is 35.5. The first-order chi connectivity index (χ1) is 9.54. The lowest BCUT2D eigenvalue weighted by Crippen LogP contribution is -1.97. The SMILES string of the molecule is C=C(Cl)CSc1nnc(COc2cc(C)ccc2C)o1. The zero-order chi connectivity index (χ0) is 14.5. The number of aromatic nitrogens is 2. The van der Waals surface area contributed by atoms with E-state index in [2.05, 4.69) is 16.8 Å². The number of halogens is 1. The summed E-state index contributed by atoms with van der Waals surface area (Å²) >= 11 is 7.03. The summed E-state index contributed by atoms with van der Waals surface area (Å²) in [4.78, 5) is 0. The van der Waals surface area contributed by atoms with Crippen LogP contribution in [0.3, 0.4) is 0 Å². The number of nitrogens with zero attached hydrogens (tertiary/aromatic N) is 2. The van der Waals surface area contributed by atoms with Crippen molar-refractivity contribution in [1.82, 2.24) is 10.2 Å². The molecule has 1 aromatic heterocycles. The molecule has 0 bridgehead atoms. The predicted octanol–water partition coefficient (Wildman–Crippen LogP) is 4.11. The Kier molecular flexibility index (Phi) is 5.09. The lowest BCUT2D eigenvalue weighted by molar-refractivity contribution is 0.250. The fourth-order valence-electron chi connectivity index (χ4n) is 1.50. The summed E-state index contributed by atoms with van der Waals surface area (Å²) in [7, 11) is 0. The second kappa shape index (κ2) is 6.81. The van der Waals surface area contributed by atoms with Gasteiger partial charge in [0, 0.05) is 10.8 Å². The summed E-state index contributed by atoms with van der Waals surface area (Å²) in [6.07, 6.45) is 0. The normalized spacial score (nSPS) is 10.6. The first-order valence-electron chi connectivity index (χ1n) is 6.03. The van der Waals surface area contributed by atoms with Crippen LogP contribution in [-0.2, 0) is 6.61 Å². The van der Waals surface area contributed by atoms with Gasteiger partial charge in [0.2, 0.25) is 0 Å². The summed E-state index contributed by atoms with van der Waals surface area (Å²) in [5, 5.41) is 8.84. The van der Waals surface area contributed by atoms with Crippen LogP contribution >= 0.6 is 23.4 Å². The van der Waals surface area contributed by atoms with Gasteiger partial charge in [-0.15, -0.1) is 10.2 Å². The second-order valence-corrected chi connectivity index (χ2v) is 5.79. The molecule has 0 aliphatic rings. The minimum absolute atomic E-state index is 0.250. The summed E-state index contributed by atoms with van der Waals surface area (Å²) in [6.45, 7) is 7.87. The van der Waals surface area contributed by atoms with Crippen molar-refractivity contribution in [2.24, 2.45) is 0 Å². The van der Waals surface area contributed by atoms with Gasteiger partial charge in [0.05, 0.1) is 0 Å². The lowest BCUT2D eigenvalue weighted by Gasteiger charge is -2.07. The third-order valence-corrected chi connectivity index (χ3v) is 3.69. The van der Waals surface area contributed by atoms with Gasteiger partial charge in [0.15, 0.2) is 6.61 Å². The van der Waals surface area contributed by atoms with E-state index in [-0.39, 0.29) is 6.61 Å². The van der Waals surface area contributed by atoms with E-state index in [0.29, 0.717) is 21.9 Å². The Bertz CT molecular complexity index is 613. The average Bonchev–Trinajstić information content (AvgIpc) is 2.85. The fraction of sp³-hybridized carbons (Fsp3) is 0.286. The highest BCUT2D eigenvalue weighted by molar-refractivity contribution is 7.99. The molecule has 0 unspecified atom stereocenters. The van der Waals surface area contributed by atoms with Gasteiger partial charge in [-0.3, -0.25) is 0 Å². The topological polar surface area (TPSA) is 48.2 Å². The Labute approximate surface area is 127 Å². The van der Waals surface area contributed by atoms with Crippen LogP contribution in [0.25, 0.3) is 0 Å². The van der Waals surface area contributed by atoms with Crippen molar-refractivity contribution >= 4 is 23.4 Å². The number of rotatable bonds is 6. The first kappa shape index (κ1) is 14.9. The number of thioether (sulfide) groups is 1. The van der Waals surface area contributed by atoms with Gasteiger partial charge in [0.1, 0.15) is 5.75 Å². The van der Waals surface area contributed by atoms with Crippen LogP contribution < -0.4 is 4.74 Å². The van der Waals surface area contributed by atoms with E-state index in [4.69, 9.17) is 20.8 Å². The number of ether oxygens (including phenoxy) is 1. The van der Waals surface area contributed by atoms with Gasteiger partial charge in [-0.1, -0.05) is 42.1 Å². The van der Waals surface area contributed by atoms with Gasteiger partial charge < -0.3 is 9.15 Å². The van der Waals surface area contributed by atoms with Crippen LogP contribution in [0.5, 0.6) is 5.75 Å². The third-order valence-electron chi connectivity index (χ3n) is 2.50. The van der Waals surface area contributed by atoms with Crippen LogP contribution in [0.1, 0.15) is 17.0 Å². The first-order valence-corrected chi connectivity index (χ1v) is 7.39. The van der Waals surface area contributed by atoms with Crippen molar-refractivity contribution in [2.75, 3.05) is 5.75 Å². The van der Waals surface area contributed by atoms with Gasteiger partial charge in [-0.05, 0) is 31.0 Å². The van der Waals surface area contributed by atoms with Crippen molar-refractivity contribution in [3.8, 4) is 5.75 Å². The molecule has 0 radical (unpaired) electrons. The highest BCUT2D eigenvalue weighted by Gasteiger charge is 2.08. The Morgan fingerprint density at radius 2 is 2.20 bits per heavy atom. The van der Waals surface area contributed by atoms with Gasteiger partial charge in [-0.25, -0.2) is 0 Å². The predicted molar refractivity (Wildman–Crippen MR) is 80.3 cm³/mol. The largest absolute Gasteiger partial charge is 0.484 e. The standard InChI is InChI=1S/C14H15ClN2O2S/c1-9-4-5-10(2)12(6-9)18-7-13-16-17-14(19-13)20-8-11(3)15/h4-6H,3,7-8H2,1-2H3. The molecule has 0 aliphatic carbocycles. The molecule has 4 nitrogen and oxygen atoms in total. The molecule has 0 spiro atoms. The molecule has 106 valence electrons. The molecule has 0 saturated heterocycles. The Hall–Kier alpha value is -1.46. The van der Waals surface area contributed by atoms with Crippen molar-refractivity contribution in [1.29, 1.82) is 0 Å². The minimum atomic E-state index is 0.250. The van der Waals surface area contributed by atoms with E-state index in [1.807, 2.05) is 32.0 Å². The van der Waals surface area contributed by atoms with Crippen molar-refractivity contribution in [3.05, 3.63) is 46.8 Å². The highest BCUT2D eigenvalue weighted by Crippen LogP contribution is 2.22. The van der Waals surface area contributed by atoms with Crippen LogP contribution in [0.15, 0.2) is 39.5 Å². The quantitative estimate of drug-likeness (QED) is 0.751. The van der Waals surface area contributed by atoms with Gasteiger partial charge in [-0.2, -0.15) is 0 Å². The smallest absolute Gasteiger partial charge is 0.277 e. The summed E-state index contributed by atoms with van der Waals surface area (Å²) in [5.74, 6) is 1.81. The molecule has 2 rings (SSSR count). The molecular weight excluding hydrogens is 296 g/mol. The fourth-order valence-corrected chi connectivity index (χ4v) is 2.19. The summed E-state index contributed by atoms with van der Waals surface area (Å²) in [5.41, 5.74) is 2.22. The van der Waals surface area contributed by atoms with Gasteiger partial charge in [0.25, 0.3) is 11.1 Å². The van der Waals surface area contributed by atoms with Crippen LogP contribution in [-0.4, -0.2) is 16.0 Å². The van der Waals surface area contributed by atoms with Gasteiger partial charge >= 0.3 is 0 Å². The molecule has 1 aromatic carbocycles. The van der Waals surface area contributed by atoms with E-state index in [0.717, 1.165) is 16.9 Å². The Morgan fingerprint density at radius 1 is 1.40 bits per heavy atom. The molecule has 6 heteroatoms. The molecule has 2 aromatic rings. The van der Waals surface area contributed by atoms with Crippen molar-refractivity contribution in [2.45, 2.75) is 25.7 Å². The van der Waals surface area contributed by atoms with Crippen LogP contribution in [0.2, 0.25) is 0 Å². The number of hydrogen-bond acceptors (Lipinski definition) is 5.